The van der Waals surface area contributed by atoms with Crippen LogP contribution in [0.1, 0.15) is 16.7 Å². The molecule has 2 N–H and O–H groups in total. The molecule has 94 valence electrons. The Morgan fingerprint density at radius 3 is 2.44 bits per heavy atom. The minimum absolute atomic E-state index is 0.809. The van der Waals surface area contributed by atoms with Crippen molar-refractivity contribution < 1.29 is 0 Å². The molecule has 0 aliphatic rings. The molecule has 0 aliphatic carbocycles. The average Bonchev–Trinajstić information content (AvgIpc) is 2.34. The first-order valence-corrected chi connectivity index (χ1v) is 7.77. The zero-order valence-corrected chi connectivity index (χ0v) is 12.7. The van der Waals surface area contributed by atoms with Crippen molar-refractivity contribution in [3.05, 3.63) is 63.6 Å². The molecule has 0 unspecified atom stereocenters. The Labute approximate surface area is 121 Å². The van der Waals surface area contributed by atoms with E-state index in [0.29, 0.717) is 0 Å². The fraction of sp³-hybridized carbons (Fsp3) is 0.200. The molecule has 0 bridgehead atoms. The molecule has 18 heavy (non-hydrogen) atoms. The first kappa shape index (κ1) is 13.5. The Bertz CT molecular complexity index is 540. The molecule has 0 aromatic heterocycles. The van der Waals surface area contributed by atoms with E-state index in [2.05, 4.69) is 53.2 Å². The molecular formula is C15H16BrNS. The Balaban J connectivity index is 1.90. The summed E-state index contributed by atoms with van der Waals surface area (Å²) >= 11 is 5.32. The smallest absolute Gasteiger partial charge is 0.0461 e. The van der Waals surface area contributed by atoms with Crippen molar-refractivity contribution in [2.24, 2.45) is 0 Å². The summed E-state index contributed by atoms with van der Waals surface area (Å²) in [5.41, 5.74) is 10.6. The SMILES string of the molecule is Cc1cccc(CSCc2ccc(Br)c(N)c2)c1. The molecule has 1 nitrogen and oxygen atoms in total. The van der Waals surface area contributed by atoms with E-state index in [9.17, 15) is 0 Å². The van der Waals surface area contributed by atoms with Gasteiger partial charge in [0, 0.05) is 21.7 Å². The number of anilines is 1. The van der Waals surface area contributed by atoms with Gasteiger partial charge in [-0.3, -0.25) is 0 Å². The summed E-state index contributed by atoms with van der Waals surface area (Å²) in [7, 11) is 0. The van der Waals surface area contributed by atoms with Crippen molar-refractivity contribution in [2.45, 2.75) is 18.4 Å². The van der Waals surface area contributed by atoms with Gasteiger partial charge in [-0.15, -0.1) is 0 Å². The number of halogens is 1. The second-order valence-electron chi connectivity index (χ2n) is 4.34. The van der Waals surface area contributed by atoms with Crippen LogP contribution in [0.3, 0.4) is 0 Å². The summed E-state index contributed by atoms with van der Waals surface area (Å²) in [6.07, 6.45) is 0. The van der Waals surface area contributed by atoms with Crippen molar-refractivity contribution in [2.75, 3.05) is 5.73 Å². The summed E-state index contributed by atoms with van der Waals surface area (Å²) in [5, 5.41) is 0. The Hall–Kier alpha value is -0.930. The van der Waals surface area contributed by atoms with Crippen molar-refractivity contribution >= 4 is 33.4 Å². The Kier molecular flexibility index (Phi) is 4.72. The molecule has 0 saturated heterocycles. The third-order valence-corrected chi connectivity index (χ3v) is 4.48. The van der Waals surface area contributed by atoms with Crippen LogP contribution in [0, 0.1) is 6.92 Å². The summed E-state index contributed by atoms with van der Waals surface area (Å²) in [5.74, 6) is 2.03. The standard InChI is InChI=1S/C15H16BrNS/c1-11-3-2-4-12(7-11)9-18-10-13-5-6-14(16)15(17)8-13/h2-8H,9-10,17H2,1H3. The van der Waals surface area contributed by atoms with E-state index in [4.69, 9.17) is 5.73 Å². The predicted molar refractivity (Wildman–Crippen MR) is 84.7 cm³/mol. The number of nitrogen functional groups attached to an aromatic ring is 1. The lowest BCUT2D eigenvalue weighted by Crippen LogP contribution is -1.89. The zero-order chi connectivity index (χ0) is 13.0. The normalized spacial score (nSPS) is 10.6. The van der Waals surface area contributed by atoms with Crippen LogP contribution in [0.25, 0.3) is 0 Å². The van der Waals surface area contributed by atoms with E-state index in [0.717, 1.165) is 21.7 Å². The number of aryl methyl sites for hydroxylation is 1. The lowest BCUT2D eigenvalue weighted by Gasteiger charge is -2.05. The molecule has 0 amide bonds. The van der Waals surface area contributed by atoms with Crippen LogP contribution in [0.4, 0.5) is 5.69 Å². The lowest BCUT2D eigenvalue weighted by molar-refractivity contribution is 1.33. The van der Waals surface area contributed by atoms with Gasteiger partial charge in [-0.1, -0.05) is 35.9 Å². The highest BCUT2D eigenvalue weighted by atomic mass is 79.9. The van der Waals surface area contributed by atoms with Gasteiger partial charge in [0.05, 0.1) is 0 Å². The molecule has 0 saturated carbocycles. The van der Waals surface area contributed by atoms with Crippen molar-refractivity contribution in [1.82, 2.24) is 0 Å². The fourth-order valence-corrected chi connectivity index (χ4v) is 2.95. The third-order valence-electron chi connectivity index (χ3n) is 2.68. The topological polar surface area (TPSA) is 26.0 Å². The van der Waals surface area contributed by atoms with E-state index in [1.165, 1.54) is 16.7 Å². The van der Waals surface area contributed by atoms with Gasteiger partial charge < -0.3 is 5.73 Å². The molecular weight excluding hydrogens is 306 g/mol. The van der Waals surface area contributed by atoms with Crippen LogP contribution in [0.15, 0.2) is 46.9 Å². The largest absolute Gasteiger partial charge is 0.398 e. The van der Waals surface area contributed by atoms with E-state index >= 15 is 0 Å². The van der Waals surface area contributed by atoms with Crippen LogP contribution in [-0.4, -0.2) is 0 Å². The molecule has 0 atom stereocenters. The van der Waals surface area contributed by atoms with E-state index in [1.807, 2.05) is 23.9 Å². The molecule has 2 rings (SSSR count). The van der Waals surface area contributed by atoms with Gasteiger partial charge in [-0.25, -0.2) is 0 Å². The van der Waals surface area contributed by atoms with Crippen LogP contribution < -0.4 is 5.73 Å². The minimum Gasteiger partial charge on any atom is -0.398 e. The molecule has 0 aliphatic heterocycles. The van der Waals surface area contributed by atoms with Crippen LogP contribution in [0.5, 0.6) is 0 Å². The molecule has 0 fully saturated rings. The van der Waals surface area contributed by atoms with Gasteiger partial charge in [-0.05, 0) is 46.1 Å². The minimum atomic E-state index is 0.809. The van der Waals surface area contributed by atoms with Crippen LogP contribution in [-0.2, 0) is 11.5 Å². The van der Waals surface area contributed by atoms with Gasteiger partial charge in [-0.2, -0.15) is 11.8 Å². The number of hydrogen-bond donors (Lipinski definition) is 1. The maximum atomic E-state index is 5.87. The van der Waals surface area contributed by atoms with E-state index in [1.54, 1.807) is 0 Å². The second kappa shape index (κ2) is 6.30. The van der Waals surface area contributed by atoms with Gasteiger partial charge >= 0.3 is 0 Å². The molecule has 2 aromatic rings. The molecule has 0 radical (unpaired) electrons. The van der Waals surface area contributed by atoms with E-state index in [-0.39, 0.29) is 0 Å². The summed E-state index contributed by atoms with van der Waals surface area (Å²) < 4.78 is 0.968. The summed E-state index contributed by atoms with van der Waals surface area (Å²) in [6, 6.07) is 14.8. The van der Waals surface area contributed by atoms with Crippen LogP contribution >= 0.6 is 27.7 Å². The highest BCUT2D eigenvalue weighted by molar-refractivity contribution is 9.10. The average molecular weight is 322 g/mol. The highest BCUT2D eigenvalue weighted by Crippen LogP contribution is 2.24. The monoisotopic (exact) mass is 321 g/mol. The highest BCUT2D eigenvalue weighted by Gasteiger charge is 1.99. The Morgan fingerprint density at radius 2 is 1.78 bits per heavy atom. The van der Waals surface area contributed by atoms with Crippen molar-refractivity contribution in [1.29, 1.82) is 0 Å². The van der Waals surface area contributed by atoms with Crippen LogP contribution in [0.2, 0.25) is 0 Å². The number of benzene rings is 2. The van der Waals surface area contributed by atoms with Gasteiger partial charge in [0.15, 0.2) is 0 Å². The molecule has 0 spiro atoms. The Morgan fingerprint density at radius 1 is 1.06 bits per heavy atom. The van der Waals surface area contributed by atoms with Gasteiger partial charge in [0.25, 0.3) is 0 Å². The molecule has 2 aromatic carbocycles. The number of rotatable bonds is 4. The second-order valence-corrected chi connectivity index (χ2v) is 6.18. The number of thioether (sulfide) groups is 1. The fourth-order valence-electron chi connectivity index (χ4n) is 1.77. The van der Waals surface area contributed by atoms with Crippen molar-refractivity contribution in [3.63, 3.8) is 0 Å². The lowest BCUT2D eigenvalue weighted by atomic mass is 10.2. The first-order chi connectivity index (χ1) is 8.65. The molecule has 0 heterocycles. The maximum Gasteiger partial charge on any atom is 0.0461 e. The quantitative estimate of drug-likeness (QED) is 0.820. The van der Waals surface area contributed by atoms with Gasteiger partial charge in [0.2, 0.25) is 0 Å². The maximum absolute atomic E-state index is 5.87. The number of hydrogen-bond acceptors (Lipinski definition) is 2. The van der Waals surface area contributed by atoms with E-state index < -0.39 is 0 Å². The zero-order valence-electron chi connectivity index (χ0n) is 10.3. The van der Waals surface area contributed by atoms with Crippen molar-refractivity contribution in [3.8, 4) is 0 Å². The predicted octanol–water partition coefficient (Wildman–Crippen LogP) is 4.77. The summed E-state index contributed by atoms with van der Waals surface area (Å²) in [6.45, 7) is 2.13. The summed E-state index contributed by atoms with van der Waals surface area (Å²) in [4.78, 5) is 0. The first-order valence-electron chi connectivity index (χ1n) is 5.82. The number of nitrogens with two attached hydrogens (primary N) is 1. The third kappa shape index (κ3) is 3.79. The molecule has 3 heteroatoms. The van der Waals surface area contributed by atoms with Gasteiger partial charge in [0.1, 0.15) is 0 Å².